The lowest BCUT2D eigenvalue weighted by molar-refractivity contribution is 0.786. The van der Waals surface area contributed by atoms with Crippen LogP contribution in [0.25, 0.3) is 0 Å². The van der Waals surface area contributed by atoms with Crippen LogP contribution in [0.15, 0.2) is 79.1 Å². The summed E-state index contributed by atoms with van der Waals surface area (Å²) in [6.07, 6.45) is 10.1. The van der Waals surface area contributed by atoms with Gasteiger partial charge in [0, 0.05) is 6.42 Å². The number of benzene rings is 2. The third-order valence-electron chi connectivity index (χ3n) is 4.33. The Morgan fingerprint density at radius 2 is 1.46 bits per heavy atom. The van der Waals surface area contributed by atoms with E-state index in [0.29, 0.717) is 0 Å². The Kier molecular flexibility index (Phi) is 6.51. The van der Waals surface area contributed by atoms with Crippen LogP contribution < -0.4 is 0 Å². The number of hydrogen-bond donors (Lipinski definition) is 0. The first-order valence-electron chi connectivity index (χ1n) is 9.14. The van der Waals surface area contributed by atoms with E-state index in [2.05, 4.69) is 68.5 Å². The molecule has 0 aliphatic carbocycles. The highest BCUT2D eigenvalue weighted by atomic mass is 32.2. The Hall–Kier alpha value is -1.12. The molecule has 126 valence electrons. The zero-order valence-electron chi connectivity index (χ0n) is 14.8. The summed E-state index contributed by atoms with van der Waals surface area (Å²) in [5, 5.41) is 0. The number of rotatable bonds is 7. The van der Waals surface area contributed by atoms with Gasteiger partial charge in [0.1, 0.15) is 4.91 Å². The average molecular weight is 356 g/mol. The maximum Gasteiger partial charge on any atom is 0.180 e. The molecule has 0 amide bonds. The van der Waals surface area contributed by atoms with Crippen molar-refractivity contribution in [2.24, 2.45) is 0 Å². The molecule has 0 N–H and O–H groups in total. The minimum Gasteiger partial charge on any atom is -0.0795 e. The van der Waals surface area contributed by atoms with Gasteiger partial charge in [0.2, 0.25) is 0 Å². The van der Waals surface area contributed by atoms with E-state index in [4.69, 9.17) is 0 Å². The lowest BCUT2D eigenvalue weighted by Gasteiger charge is -2.20. The van der Waals surface area contributed by atoms with Gasteiger partial charge in [-0.3, -0.25) is 0 Å². The molecule has 0 unspecified atom stereocenters. The summed E-state index contributed by atoms with van der Waals surface area (Å²) in [4.78, 5) is 7.60. The normalized spacial score (nSPS) is 14.3. The van der Waals surface area contributed by atoms with Crippen LogP contribution in [-0.2, 0) is 10.9 Å². The van der Waals surface area contributed by atoms with Crippen LogP contribution in [0.1, 0.15) is 52.4 Å². The predicted octanol–water partition coefficient (Wildman–Crippen LogP) is 7.45. The minimum atomic E-state index is 0.103. The summed E-state index contributed by atoms with van der Waals surface area (Å²) in [6.45, 7) is 4.58. The molecule has 0 aromatic heterocycles. The first kappa shape index (κ1) is 17.7. The van der Waals surface area contributed by atoms with Crippen molar-refractivity contribution in [2.75, 3.05) is 0 Å². The van der Waals surface area contributed by atoms with Gasteiger partial charge in [0.05, 0.1) is 20.7 Å². The van der Waals surface area contributed by atoms with Crippen LogP contribution in [0.2, 0.25) is 0 Å². The highest BCUT2D eigenvalue weighted by molar-refractivity contribution is 8.05. The fourth-order valence-electron chi connectivity index (χ4n) is 3.03. The summed E-state index contributed by atoms with van der Waals surface area (Å²) in [5.74, 6) is 0. The monoisotopic (exact) mass is 355 g/mol. The standard InChI is InChI=1S/C22H27S2/c1-3-5-7-13-18(12-6-4-2)24-21-16-10-8-14-19(21)23-20-15-9-11-17-22(20)24/h8-11,13-17H,3-7,12H2,1-2H3/q+1/b18-13+. The molecule has 0 bridgehead atoms. The second-order valence-electron chi connectivity index (χ2n) is 6.22. The summed E-state index contributed by atoms with van der Waals surface area (Å²) in [6, 6.07) is 18.0. The van der Waals surface area contributed by atoms with E-state index in [1.807, 2.05) is 11.8 Å². The van der Waals surface area contributed by atoms with Crippen LogP contribution in [0.5, 0.6) is 0 Å². The van der Waals surface area contributed by atoms with E-state index in [1.54, 1.807) is 4.91 Å². The summed E-state index contributed by atoms with van der Waals surface area (Å²) in [7, 11) is 0.103. The molecule has 0 saturated carbocycles. The van der Waals surface area contributed by atoms with E-state index in [0.717, 1.165) is 0 Å². The molecule has 24 heavy (non-hydrogen) atoms. The highest BCUT2D eigenvalue weighted by Crippen LogP contribution is 2.48. The average Bonchev–Trinajstić information content (AvgIpc) is 2.63. The maximum absolute atomic E-state index is 2.56. The molecule has 0 fully saturated rings. The quantitative estimate of drug-likeness (QED) is 0.367. The van der Waals surface area contributed by atoms with E-state index in [-0.39, 0.29) is 10.9 Å². The van der Waals surface area contributed by atoms with Gasteiger partial charge in [-0.15, -0.1) is 0 Å². The fraction of sp³-hybridized carbons (Fsp3) is 0.364. The molecule has 0 saturated heterocycles. The lowest BCUT2D eigenvalue weighted by atomic mass is 10.2. The van der Waals surface area contributed by atoms with E-state index < -0.39 is 0 Å². The SMILES string of the molecule is CCCC/C=C(\CCCC)[S+]1c2ccccc2Sc2ccccc21. The Labute approximate surface area is 154 Å². The van der Waals surface area contributed by atoms with Crippen molar-refractivity contribution in [1.29, 1.82) is 0 Å². The van der Waals surface area contributed by atoms with Crippen LogP contribution in [0.3, 0.4) is 0 Å². The van der Waals surface area contributed by atoms with Gasteiger partial charge in [-0.2, -0.15) is 0 Å². The van der Waals surface area contributed by atoms with Gasteiger partial charge in [-0.25, -0.2) is 0 Å². The van der Waals surface area contributed by atoms with Crippen LogP contribution in [-0.4, -0.2) is 0 Å². The predicted molar refractivity (Wildman–Crippen MR) is 108 cm³/mol. The number of hydrogen-bond acceptors (Lipinski definition) is 1. The molecule has 1 aliphatic heterocycles. The third-order valence-corrected chi connectivity index (χ3v) is 8.22. The molecule has 0 radical (unpaired) electrons. The second-order valence-corrected chi connectivity index (χ2v) is 9.32. The number of fused-ring (bicyclic) bond motifs is 2. The Morgan fingerprint density at radius 3 is 2.04 bits per heavy atom. The Balaban J connectivity index is 2.04. The number of allylic oxidation sites excluding steroid dienone is 2. The Morgan fingerprint density at radius 1 is 0.875 bits per heavy atom. The smallest absolute Gasteiger partial charge is 0.0795 e. The fourth-order valence-corrected chi connectivity index (χ4v) is 7.05. The van der Waals surface area contributed by atoms with Gasteiger partial charge >= 0.3 is 0 Å². The van der Waals surface area contributed by atoms with Gasteiger partial charge in [0.15, 0.2) is 9.79 Å². The topological polar surface area (TPSA) is 0 Å². The zero-order valence-corrected chi connectivity index (χ0v) is 16.4. The molecule has 0 spiro atoms. The summed E-state index contributed by atoms with van der Waals surface area (Å²) < 4.78 is 0. The van der Waals surface area contributed by atoms with Crippen LogP contribution >= 0.6 is 11.8 Å². The van der Waals surface area contributed by atoms with Crippen LogP contribution in [0.4, 0.5) is 0 Å². The van der Waals surface area contributed by atoms with E-state index in [1.165, 1.54) is 58.1 Å². The molecule has 2 aromatic rings. The van der Waals surface area contributed by atoms with Gasteiger partial charge in [-0.05, 0) is 49.6 Å². The maximum atomic E-state index is 2.56. The minimum absolute atomic E-state index is 0.103. The van der Waals surface area contributed by atoms with Crippen molar-refractivity contribution in [3.05, 3.63) is 59.5 Å². The first-order valence-corrected chi connectivity index (χ1v) is 11.2. The van der Waals surface area contributed by atoms with Crippen molar-refractivity contribution in [2.45, 2.75) is 72.0 Å². The van der Waals surface area contributed by atoms with E-state index >= 15 is 0 Å². The van der Waals surface area contributed by atoms with Crippen LogP contribution in [0, 0.1) is 0 Å². The molecule has 0 atom stereocenters. The number of unbranched alkanes of at least 4 members (excludes halogenated alkanes) is 3. The highest BCUT2D eigenvalue weighted by Gasteiger charge is 2.38. The third kappa shape index (κ3) is 3.92. The summed E-state index contributed by atoms with van der Waals surface area (Å²) >= 11 is 1.94. The molecule has 2 aromatic carbocycles. The van der Waals surface area contributed by atoms with Crippen molar-refractivity contribution < 1.29 is 0 Å². The summed E-state index contributed by atoms with van der Waals surface area (Å²) in [5.41, 5.74) is 0. The van der Waals surface area contributed by atoms with Gasteiger partial charge < -0.3 is 0 Å². The van der Waals surface area contributed by atoms with Crippen molar-refractivity contribution in [1.82, 2.24) is 0 Å². The lowest BCUT2D eigenvalue weighted by Crippen LogP contribution is -2.13. The largest absolute Gasteiger partial charge is 0.180 e. The van der Waals surface area contributed by atoms with Crippen molar-refractivity contribution in [3.63, 3.8) is 0 Å². The molecular weight excluding hydrogens is 328 g/mol. The molecular formula is C22H27S2+. The van der Waals surface area contributed by atoms with E-state index in [9.17, 15) is 0 Å². The molecule has 1 aliphatic rings. The van der Waals surface area contributed by atoms with Gasteiger partial charge in [0.25, 0.3) is 0 Å². The molecule has 2 heteroatoms. The first-order chi connectivity index (χ1) is 11.8. The zero-order chi connectivity index (χ0) is 16.8. The second kappa shape index (κ2) is 8.82. The Bertz CT molecular complexity index is 657. The van der Waals surface area contributed by atoms with Crippen molar-refractivity contribution in [3.8, 4) is 0 Å². The van der Waals surface area contributed by atoms with Gasteiger partial charge in [-0.1, -0.05) is 62.7 Å². The molecule has 3 rings (SSSR count). The molecule has 1 heterocycles. The molecule has 0 nitrogen and oxygen atoms in total. The van der Waals surface area contributed by atoms with Crippen molar-refractivity contribution >= 4 is 22.7 Å².